The van der Waals surface area contributed by atoms with Crippen molar-refractivity contribution in [2.24, 2.45) is 0 Å². The van der Waals surface area contributed by atoms with E-state index in [2.05, 4.69) is 36.8 Å². The maximum absolute atomic E-state index is 12.3. The first-order valence-electron chi connectivity index (χ1n) is 9.57. The second-order valence-electron chi connectivity index (χ2n) is 6.82. The zero-order valence-corrected chi connectivity index (χ0v) is 16.6. The molecule has 0 bridgehead atoms. The highest BCUT2D eigenvalue weighted by Gasteiger charge is 2.21. The van der Waals surface area contributed by atoms with Gasteiger partial charge in [-0.3, -0.25) is 9.48 Å². The van der Waals surface area contributed by atoms with E-state index in [1.807, 2.05) is 6.07 Å². The number of carboxylic acid groups (broad SMARTS) is 1. The Bertz CT molecular complexity index is 928. The lowest BCUT2D eigenvalue weighted by Crippen LogP contribution is -2.48. The van der Waals surface area contributed by atoms with Crippen LogP contribution in [0.1, 0.15) is 28.0 Å². The van der Waals surface area contributed by atoms with Crippen LogP contribution < -0.4 is 16.0 Å². The van der Waals surface area contributed by atoms with E-state index in [0.717, 1.165) is 38.0 Å². The Balaban J connectivity index is 1.52. The van der Waals surface area contributed by atoms with Gasteiger partial charge >= 0.3 is 12.1 Å². The van der Waals surface area contributed by atoms with Gasteiger partial charge in [-0.25, -0.2) is 14.6 Å². The number of carbonyl (C=O) groups excluding carboxylic acids is 2. The Morgan fingerprint density at radius 3 is 2.97 bits per heavy atom. The molecule has 11 nitrogen and oxygen atoms in total. The molecule has 30 heavy (non-hydrogen) atoms. The summed E-state index contributed by atoms with van der Waals surface area (Å²) in [6, 6.07) is 2.79. The maximum atomic E-state index is 12.3. The predicted molar refractivity (Wildman–Crippen MR) is 106 cm³/mol. The van der Waals surface area contributed by atoms with Crippen LogP contribution in [-0.4, -0.2) is 64.1 Å². The van der Waals surface area contributed by atoms with Crippen LogP contribution in [-0.2, 0) is 28.9 Å². The van der Waals surface area contributed by atoms with Crippen molar-refractivity contribution in [2.45, 2.75) is 31.8 Å². The highest BCUT2D eigenvalue weighted by Crippen LogP contribution is 2.19. The average molecular weight is 416 g/mol. The smallest absolute Gasteiger partial charge is 0.407 e. The van der Waals surface area contributed by atoms with Crippen LogP contribution in [0.5, 0.6) is 0 Å². The van der Waals surface area contributed by atoms with Gasteiger partial charge in [-0.15, -0.1) is 0 Å². The van der Waals surface area contributed by atoms with Gasteiger partial charge in [0.2, 0.25) is 0 Å². The summed E-state index contributed by atoms with van der Waals surface area (Å²) < 4.78 is 6.00. The fourth-order valence-corrected chi connectivity index (χ4v) is 3.04. The van der Waals surface area contributed by atoms with E-state index >= 15 is 0 Å². The summed E-state index contributed by atoms with van der Waals surface area (Å²) in [7, 11) is 1.12. The fourth-order valence-electron chi connectivity index (χ4n) is 3.04. The molecular formula is C19H24N6O5. The summed E-state index contributed by atoms with van der Waals surface area (Å²) in [5.41, 5.74) is 2.45. The minimum absolute atomic E-state index is 0.289. The molecule has 0 saturated carbocycles. The van der Waals surface area contributed by atoms with E-state index in [4.69, 9.17) is 5.11 Å². The molecule has 2 aromatic heterocycles. The molecule has 0 aromatic carbocycles. The van der Waals surface area contributed by atoms with Crippen LogP contribution in [0.2, 0.25) is 0 Å². The number of methoxy groups -OCH3 is 1. The Hall–Kier alpha value is -3.63. The second kappa shape index (κ2) is 9.72. The van der Waals surface area contributed by atoms with Gasteiger partial charge in [-0.2, -0.15) is 5.10 Å². The molecule has 2 amide bonds. The van der Waals surface area contributed by atoms with E-state index < -0.39 is 24.0 Å². The largest absolute Gasteiger partial charge is 0.480 e. The lowest BCUT2D eigenvalue weighted by molar-refractivity contribution is -0.139. The van der Waals surface area contributed by atoms with Gasteiger partial charge in [0, 0.05) is 37.9 Å². The number of hydrogen-bond acceptors (Lipinski definition) is 7. The van der Waals surface area contributed by atoms with Crippen LogP contribution in [0.3, 0.4) is 0 Å². The number of rotatable bonds is 8. The van der Waals surface area contributed by atoms with E-state index in [1.54, 1.807) is 10.9 Å². The van der Waals surface area contributed by atoms with Crippen LogP contribution >= 0.6 is 0 Å². The first-order valence-corrected chi connectivity index (χ1v) is 9.57. The van der Waals surface area contributed by atoms with Crippen molar-refractivity contribution >= 4 is 23.8 Å². The number of anilines is 1. The van der Waals surface area contributed by atoms with Crippen LogP contribution in [0, 0.1) is 0 Å². The lowest BCUT2D eigenvalue weighted by Gasteiger charge is -2.17. The maximum Gasteiger partial charge on any atom is 0.407 e. The van der Waals surface area contributed by atoms with Crippen molar-refractivity contribution in [3.63, 3.8) is 0 Å². The van der Waals surface area contributed by atoms with Gasteiger partial charge in [0.05, 0.1) is 18.9 Å². The normalized spacial score (nSPS) is 13.5. The summed E-state index contributed by atoms with van der Waals surface area (Å²) in [5, 5.41) is 21.2. The van der Waals surface area contributed by atoms with Gasteiger partial charge in [-0.1, -0.05) is 6.07 Å². The third kappa shape index (κ3) is 5.46. The average Bonchev–Trinajstić information content (AvgIpc) is 3.23. The minimum Gasteiger partial charge on any atom is -0.480 e. The minimum atomic E-state index is -1.31. The van der Waals surface area contributed by atoms with Crippen molar-refractivity contribution < 1.29 is 24.2 Å². The van der Waals surface area contributed by atoms with E-state index in [1.165, 1.54) is 11.8 Å². The number of pyridine rings is 1. The lowest BCUT2D eigenvalue weighted by atomic mass is 10.1. The number of carboxylic acids is 1. The van der Waals surface area contributed by atoms with Gasteiger partial charge < -0.3 is 25.8 Å². The Kier molecular flexibility index (Phi) is 6.83. The zero-order chi connectivity index (χ0) is 21.5. The molecule has 4 N–H and O–H groups in total. The number of amides is 2. The molecule has 1 aliphatic rings. The van der Waals surface area contributed by atoms with Crippen molar-refractivity contribution in [1.29, 1.82) is 0 Å². The number of carbonyl (C=O) groups is 3. The van der Waals surface area contributed by atoms with Gasteiger partial charge in [0.15, 0.2) is 0 Å². The number of nitrogens with one attached hydrogen (secondary N) is 3. The number of hydrogen-bond donors (Lipinski definition) is 4. The second-order valence-corrected chi connectivity index (χ2v) is 6.82. The molecule has 160 valence electrons. The highest BCUT2D eigenvalue weighted by molar-refractivity contribution is 5.94. The van der Waals surface area contributed by atoms with Crippen molar-refractivity contribution in [3.8, 4) is 0 Å². The SMILES string of the molecule is COC(=O)N[C@@H](CNC(=O)c1cnn(CCc2ccc3c(n2)NCCC3)c1)C(=O)O. The van der Waals surface area contributed by atoms with Crippen molar-refractivity contribution in [2.75, 3.05) is 25.5 Å². The van der Waals surface area contributed by atoms with Crippen molar-refractivity contribution in [1.82, 2.24) is 25.4 Å². The molecule has 1 atom stereocenters. The molecule has 0 radical (unpaired) electrons. The van der Waals surface area contributed by atoms with Crippen LogP contribution in [0.4, 0.5) is 10.6 Å². The molecule has 0 saturated heterocycles. The molecule has 2 aromatic rings. The van der Waals surface area contributed by atoms with E-state index in [-0.39, 0.29) is 12.1 Å². The molecule has 11 heteroatoms. The molecule has 3 heterocycles. The van der Waals surface area contributed by atoms with Gasteiger partial charge in [0.1, 0.15) is 11.9 Å². The molecule has 0 spiro atoms. The molecule has 0 unspecified atom stereocenters. The summed E-state index contributed by atoms with van der Waals surface area (Å²) in [5.74, 6) is -0.841. The third-order valence-electron chi connectivity index (χ3n) is 4.69. The zero-order valence-electron chi connectivity index (χ0n) is 16.6. The number of aliphatic carboxylic acids is 1. The topological polar surface area (TPSA) is 147 Å². The predicted octanol–water partition coefficient (Wildman–Crippen LogP) is 0.418. The Morgan fingerprint density at radius 2 is 2.20 bits per heavy atom. The van der Waals surface area contributed by atoms with Gasteiger partial charge in [-0.05, 0) is 24.5 Å². The molecule has 0 fully saturated rings. The Morgan fingerprint density at radius 1 is 1.37 bits per heavy atom. The summed E-state index contributed by atoms with van der Waals surface area (Å²) in [6.45, 7) is 1.18. The number of aryl methyl sites for hydroxylation is 3. The van der Waals surface area contributed by atoms with Crippen molar-refractivity contribution in [3.05, 3.63) is 41.3 Å². The first-order chi connectivity index (χ1) is 14.5. The number of ether oxygens (including phenoxy) is 1. The number of alkyl carbamates (subject to hydrolysis) is 1. The summed E-state index contributed by atoms with van der Waals surface area (Å²) in [4.78, 5) is 39.2. The fraction of sp³-hybridized carbons (Fsp3) is 0.421. The highest BCUT2D eigenvalue weighted by atomic mass is 16.5. The Labute approximate surface area is 172 Å². The number of nitrogens with zero attached hydrogens (tertiary/aromatic N) is 3. The summed E-state index contributed by atoms with van der Waals surface area (Å²) in [6.07, 6.45) is 4.89. The standard InChI is InChI=1S/C19H24N6O5/c1-30-19(29)24-15(18(27)28)10-21-17(26)13-9-22-25(11-13)8-6-14-5-4-12-3-2-7-20-16(12)23-14/h4-5,9,11,15H,2-3,6-8,10H2,1H3,(H,20,23)(H,21,26)(H,24,29)(H,27,28)/t15-/m0/s1. The molecular weight excluding hydrogens is 392 g/mol. The number of aromatic nitrogens is 3. The summed E-state index contributed by atoms with van der Waals surface area (Å²) >= 11 is 0. The van der Waals surface area contributed by atoms with Crippen LogP contribution in [0.15, 0.2) is 24.5 Å². The van der Waals surface area contributed by atoms with E-state index in [0.29, 0.717) is 13.0 Å². The quantitative estimate of drug-likeness (QED) is 0.484. The molecule has 1 aliphatic heterocycles. The van der Waals surface area contributed by atoms with E-state index in [9.17, 15) is 14.4 Å². The monoisotopic (exact) mass is 416 g/mol. The molecule has 0 aliphatic carbocycles. The third-order valence-corrected chi connectivity index (χ3v) is 4.69. The molecule has 3 rings (SSSR count). The number of fused-ring (bicyclic) bond motifs is 1. The van der Waals surface area contributed by atoms with Gasteiger partial charge in [0.25, 0.3) is 5.91 Å². The first kappa shape index (κ1) is 21.1. The van der Waals surface area contributed by atoms with Crippen LogP contribution in [0.25, 0.3) is 0 Å².